The maximum Gasteiger partial charge on any atom is 0.264 e. The van der Waals surface area contributed by atoms with Gasteiger partial charge in [-0.3, -0.25) is 4.79 Å². The Labute approximate surface area is 185 Å². The van der Waals surface area contributed by atoms with Crippen LogP contribution in [0.5, 0.6) is 11.5 Å². The Morgan fingerprint density at radius 2 is 2.06 bits per heavy atom. The van der Waals surface area contributed by atoms with E-state index in [4.69, 9.17) is 19.2 Å². The highest BCUT2D eigenvalue weighted by Crippen LogP contribution is 2.37. The highest BCUT2D eigenvalue weighted by Gasteiger charge is 2.26. The second-order valence-corrected chi connectivity index (χ2v) is 9.01. The molecular formula is C23H25N3O4S. The van der Waals surface area contributed by atoms with Gasteiger partial charge in [-0.2, -0.15) is 0 Å². The molecule has 0 N–H and O–H groups in total. The lowest BCUT2D eigenvalue weighted by molar-refractivity contribution is 0.0511. The van der Waals surface area contributed by atoms with Gasteiger partial charge in [-0.05, 0) is 36.4 Å². The van der Waals surface area contributed by atoms with E-state index in [2.05, 4.69) is 6.07 Å². The van der Waals surface area contributed by atoms with E-state index in [0.29, 0.717) is 18.8 Å². The standard InChI is InChI=1S/C23H25N3O4S/c1-25(2)22-16(9-15-10-19-20(30-14-29-19)11-18(15)24-22)12-26(13-17-5-3-7-28-17)23(27)21-6-4-8-31-21/h4,6,8-11,17H,3,5,7,12-14H2,1-2H3. The molecule has 31 heavy (non-hydrogen) atoms. The van der Waals surface area contributed by atoms with Crippen LogP contribution in [0.25, 0.3) is 10.9 Å². The molecule has 2 aromatic heterocycles. The smallest absolute Gasteiger partial charge is 0.264 e. The number of hydrogen-bond acceptors (Lipinski definition) is 7. The molecular weight excluding hydrogens is 414 g/mol. The molecule has 1 saturated heterocycles. The first-order chi connectivity index (χ1) is 15.1. The van der Waals surface area contributed by atoms with Crippen LogP contribution in [0.2, 0.25) is 0 Å². The number of fused-ring (bicyclic) bond motifs is 2. The third-order valence-electron chi connectivity index (χ3n) is 5.62. The van der Waals surface area contributed by atoms with Crippen molar-refractivity contribution in [2.24, 2.45) is 0 Å². The minimum absolute atomic E-state index is 0.0287. The van der Waals surface area contributed by atoms with Crippen LogP contribution in [-0.2, 0) is 11.3 Å². The van der Waals surface area contributed by atoms with Gasteiger partial charge >= 0.3 is 0 Å². The van der Waals surface area contributed by atoms with E-state index >= 15 is 0 Å². The second-order valence-electron chi connectivity index (χ2n) is 8.06. The van der Waals surface area contributed by atoms with Crippen molar-refractivity contribution in [3.05, 3.63) is 46.2 Å². The summed E-state index contributed by atoms with van der Waals surface area (Å²) in [7, 11) is 3.94. The first-order valence-electron chi connectivity index (χ1n) is 10.4. The molecule has 0 aliphatic carbocycles. The molecule has 2 aliphatic heterocycles. The van der Waals surface area contributed by atoms with Gasteiger partial charge < -0.3 is 24.0 Å². The first kappa shape index (κ1) is 20.1. The van der Waals surface area contributed by atoms with Crippen LogP contribution in [-0.4, -0.2) is 55.9 Å². The molecule has 0 radical (unpaired) electrons. The van der Waals surface area contributed by atoms with E-state index in [1.165, 1.54) is 11.3 Å². The number of thiophene rings is 1. The van der Waals surface area contributed by atoms with Crippen LogP contribution < -0.4 is 14.4 Å². The molecule has 1 unspecified atom stereocenters. The Hall–Kier alpha value is -2.84. The van der Waals surface area contributed by atoms with Crippen molar-refractivity contribution in [1.82, 2.24) is 9.88 Å². The summed E-state index contributed by atoms with van der Waals surface area (Å²) in [4.78, 5) is 22.8. The van der Waals surface area contributed by atoms with Gasteiger partial charge in [0.25, 0.3) is 5.91 Å². The van der Waals surface area contributed by atoms with Crippen molar-refractivity contribution in [2.75, 3.05) is 38.9 Å². The van der Waals surface area contributed by atoms with Crippen molar-refractivity contribution < 1.29 is 19.0 Å². The zero-order valence-electron chi connectivity index (χ0n) is 17.7. The molecule has 162 valence electrons. The van der Waals surface area contributed by atoms with Crippen LogP contribution in [0.3, 0.4) is 0 Å². The van der Waals surface area contributed by atoms with Gasteiger partial charge in [0.05, 0.1) is 16.5 Å². The summed E-state index contributed by atoms with van der Waals surface area (Å²) in [6, 6.07) is 9.76. The van der Waals surface area contributed by atoms with Crippen molar-refractivity contribution in [1.29, 1.82) is 0 Å². The molecule has 2 aliphatic rings. The summed E-state index contributed by atoms with van der Waals surface area (Å²) in [5.41, 5.74) is 1.83. The normalized spacial score (nSPS) is 17.3. The SMILES string of the molecule is CN(C)c1nc2cc3c(cc2cc1CN(CC1CCCO1)C(=O)c1cccs1)OCO3. The van der Waals surface area contributed by atoms with Crippen LogP contribution in [0, 0.1) is 0 Å². The number of carbonyl (C=O) groups is 1. The largest absolute Gasteiger partial charge is 0.454 e. The fraction of sp³-hybridized carbons (Fsp3) is 0.391. The average Bonchev–Trinajstić information content (AvgIpc) is 3.53. The van der Waals surface area contributed by atoms with Crippen molar-refractivity contribution in [3.63, 3.8) is 0 Å². The van der Waals surface area contributed by atoms with E-state index in [-0.39, 0.29) is 18.8 Å². The molecule has 8 heteroatoms. The fourth-order valence-electron chi connectivity index (χ4n) is 4.12. The summed E-state index contributed by atoms with van der Waals surface area (Å²) in [5, 5.41) is 2.90. The monoisotopic (exact) mass is 439 g/mol. The summed E-state index contributed by atoms with van der Waals surface area (Å²) < 4.78 is 16.9. The summed E-state index contributed by atoms with van der Waals surface area (Å²) >= 11 is 1.47. The Morgan fingerprint density at radius 3 is 2.77 bits per heavy atom. The molecule has 1 amide bonds. The maximum atomic E-state index is 13.3. The molecule has 7 nitrogen and oxygen atoms in total. The van der Waals surface area contributed by atoms with E-state index in [0.717, 1.165) is 52.4 Å². The van der Waals surface area contributed by atoms with Crippen LogP contribution in [0.4, 0.5) is 5.82 Å². The lowest BCUT2D eigenvalue weighted by atomic mass is 10.1. The van der Waals surface area contributed by atoms with Gasteiger partial charge in [-0.15, -0.1) is 11.3 Å². The van der Waals surface area contributed by atoms with Crippen molar-refractivity contribution in [3.8, 4) is 11.5 Å². The zero-order valence-corrected chi connectivity index (χ0v) is 18.5. The number of carbonyl (C=O) groups excluding carboxylic acids is 1. The van der Waals surface area contributed by atoms with Crippen molar-refractivity contribution in [2.45, 2.75) is 25.5 Å². The summed E-state index contributed by atoms with van der Waals surface area (Å²) in [5.74, 6) is 2.30. The molecule has 3 aromatic rings. The molecule has 5 rings (SSSR count). The number of rotatable bonds is 6. The van der Waals surface area contributed by atoms with E-state index in [1.54, 1.807) is 0 Å². The van der Waals surface area contributed by atoms with Gasteiger partial charge in [0.15, 0.2) is 11.5 Å². The van der Waals surface area contributed by atoms with Gasteiger partial charge in [0.2, 0.25) is 6.79 Å². The van der Waals surface area contributed by atoms with E-state index in [1.807, 2.05) is 53.5 Å². The lowest BCUT2D eigenvalue weighted by Gasteiger charge is -2.27. The number of amides is 1. The van der Waals surface area contributed by atoms with E-state index < -0.39 is 0 Å². The van der Waals surface area contributed by atoms with Gasteiger partial charge in [0.1, 0.15) is 5.82 Å². The molecule has 0 saturated carbocycles. The summed E-state index contributed by atoms with van der Waals surface area (Å²) in [6.07, 6.45) is 2.10. The molecule has 0 bridgehead atoms. The highest BCUT2D eigenvalue weighted by atomic mass is 32.1. The molecule has 1 aromatic carbocycles. The molecule has 1 fully saturated rings. The number of nitrogens with zero attached hydrogens (tertiary/aromatic N) is 3. The predicted octanol–water partition coefficient (Wildman–Crippen LogP) is 3.91. The number of anilines is 1. The minimum atomic E-state index is 0.0287. The van der Waals surface area contributed by atoms with Crippen molar-refractivity contribution >= 4 is 34.0 Å². The van der Waals surface area contributed by atoms with Gasteiger partial charge in [-0.25, -0.2) is 4.98 Å². The summed E-state index contributed by atoms with van der Waals surface area (Å²) in [6.45, 7) is 2.02. The number of aromatic nitrogens is 1. The third-order valence-corrected chi connectivity index (χ3v) is 6.48. The maximum absolute atomic E-state index is 13.3. The topological polar surface area (TPSA) is 64.1 Å². The van der Waals surface area contributed by atoms with Gasteiger partial charge in [-0.1, -0.05) is 6.07 Å². The molecule has 4 heterocycles. The van der Waals surface area contributed by atoms with Crippen LogP contribution in [0.1, 0.15) is 28.1 Å². The Kier molecular flexibility index (Phi) is 5.41. The Bertz CT molecular complexity index is 1090. The first-order valence-corrected chi connectivity index (χ1v) is 11.3. The van der Waals surface area contributed by atoms with Gasteiger partial charge in [0, 0.05) is 50.8 Å². The number of hydrogen-bond donors (Lipinski definition) is 0. The molecule has 0 spiro atoms. The number of benzene rings is 1. The van der Waals surface area contributed by atoms with E-state index in [9.17, 15) is 4.79 Å². The Balaban J connectivity index is 1.52. The van der Waals surface area contributed by atoms with Crippen LogP contribution >= 0.6 is 11.3 Å². The Morgan fingerprint density at radius 1 is 1.23 bits per heavy atom. The fourth-order valence-corrected chi connectivity index (χ4v) is 4.81. The highest BCUT2D eigenvalue weighted by molar-refractivity contribution is 7.12. The minimum Gasteiger partial charge on any atom is -0.454 e. The van der Waals surface area contributed by atoms with Crippen LogP contribution in [0.15, 0.2) is 35.7 Å². The number of ether oxygens (including phenoxy) is 3. The average molecular weight is 440 g/mol. The quantitative estimate of drug-likeness (QED) is 0.580. The lowest BCUT2D eigenvalue weighted by Crippen LogP contribution is -2.37. The zero-order chi connectivity index (χ0) is 21.4. The third kappa shape index (κ3) is 4.05. The second kappa shape index (κ2) is 8.36. The predicted molar refractivity (Wildman–Crippen MR) is 120 cm³/mol. The molecule has 1 atom stereocenters. The number of pyridine rings is 1.